The maximum absolute atomic E-state index is 11.7. The van der Waals surface area contributed by atoms with Crippen molar-refractivity contribution in [2.45, 2.75) is 26.4 Å². The van der Waals surface area contributed by atoms with E-state index in [9.17, 15) is 4.79 Å². The zero-order valence-electron chi connectivity index (χ0n) is 17.1. The molecule has 150 valence electrons. The highest BCUT2D eigenvalue weighted by Crippen LogP contribution is 2.13. The van der Waals surface area contributed by atoms with E-state index in [2.05, 4.69) is 20.9 Å². The highest BCUT2D eigenvalue weighted by molar-refractivity contribution is 5.94. The maximum atomic E-state index is 11.7. The monoisotopic (exact) mass is 382 g/mol. The number of ether oxygens (including phenoxy) is 1. The first-order chi connectivity index (χ1) is 13.5. The molecule has 0 aromatic heterocycles. The van der Waals surface area contributed by atoms with Crippen molar-refractivity contribution in [3.05, 3.63) is 65.2 Å². The highest BCUT2D eigenvalue weighted by Gasteiger charge is 2.07. The lowest BCUT2D eigenvalue weighted by atomic mass is 10.1. The Balaban J connectivity index is 1.76. The van der Waals surface area contributed by atoms with Gasteiger partial charge in [-0.2, -0.15) is 0 Å². The number of amides is 1. The first-order valence-electron chi connectivity index (χ1n) is 9.50. The Bertz CT molecular complexity index is 805. The summed E-state index contributed by atoms with van der Waals surface area (Å²) < 4.78 is 5.93. The minimum Gasteiger partial charge on any atom is -0.489 e. The average Bonchev–Trinajstić information content (AvgIpc) is 2.70. The second kappa shape index (κ2) is 11.0. The van der Waals surface area contributed by atoms with Crippen LogP contribution in [-0.2, 0) is 6.42 Å². The summed E-state index contributed by atoms with van der Waals surface area (Å²) in [6.07, 6.45) is 0.797. The number of hydrogen-bond acceptors (Lipinski definition) is 3. The third-order valence-corrected chi connectivity index (χ3v) is 4.23. The topological polar surface area (TPSA) is 74.8 Å². The summed E-state index contributed by atoms with van der Waals surface area (Å²) in [5.41, 5.74) is 2.94. The Hall–Kier alpha value is -3.02. The summed E-state index contributed by atoms with van der Waals surface area (Å²) in [4.78, 5) is 16.0. The lowest BCUT2D eigenvalue weighted by molar-refractivity contribution is 0.0963. The first kappa shape index (κ1) is 21.3. The SMILES string of the molecule is CN=C(NCCc1cccc(C(=O)NC)c1)NCC(C)Oc1cccc(C)c1. The molecule has 1 unspecified atom stereocenters. The van der Waals surface area contributed by atoms with Crippen LogP contribution in [0.25, 0.3) is 0 Å². The second-order valence-electron chi connectivity index (χ2n) is 6.65. The average molecular weight is 383 g/mol. The van der Waals surface area contributed by atoms with Crippen molar-refractivity contribution in [2.75, 3.05) is 27.2 Å². The predicted molar refractivity (Wildman–Crippen MR) is 114 cm³/mol. The van der Waals surface area contributed by atoms with Crippen LogP contribution in [0.3, 0.4) is 0 Å². The number of aliphatic imine (C=N–C) groups is 1. The molecule has 0 saturated heterocycles. The largest absolute Gasteiger partial charge is 0.489 e. The molecule has 0 fully saturated rings. The molecule has 2 rings (SSSR count). The Labute approximate surface area is 167 Å². The van der Waals surface area contributed by atoms with Crippen molar-refractivity contribution in [2.24, 2.45) is 4.99 Å². The van der Waals surface area contributed by atoms with E-state index in [0.29, 0.717) is 18.7 Å². The lowest BCUT2D eigenvalue weighted by Gasteiger charge is -2.18. The van der Waals surface area contributed by atoms with Crippen LogP contribution in [0.2, 0.25) is 0 Å². The Kier molecular flexibility index (Phi) is 8.34. The summed E-state index contributed by atoms with van der Waals surface area (Å²) in [5, 5.41) is 9.21. The van der Waals surface area contributed by atoms with Crippen LogP contribution >= 0.6 is 0 Å². The number of nitrogens with zero attached hydrogens (tertiary/aromatic N) is 1. The zero-order chi connectivity index (χ0) is 20.4. The molecule has 6 heteroatoms. The van der Waals surface area contributed by atoms with Gasteiger partial charge in [0.25, 0.3) is 5.91 Å². The summed E-state index contributed by atoms with van der Waals surface area (Å²) in [7, 11) is 3.38. The number of carbonyl (C=O) groups is 1. The van der Waals surface area contributed by atoms with E-state index in [0.717, 1.165) is 23.7 Å². The van der Waals surface area contributed by atoms with Crippen molar-refractivity contribution >= 4 is 11.9 Å². The Morgan fingerprint density at radius 2 is 1.93 bits per heavy atom. The molecule has 1 amide bonds. The molecule has 0 spiro atoms. The van der Waals surface area contributed by atoms with Gasteiger partial charge in [-0.1, -0.05) is 24.3 Å². The fourth-order valence-corrected chi connectivity index (χ4v) is 2.76. The number of aryl methyl sites for hydroxylation is 1. The molecule has 0 radical (unpaired) electrons. The van der Waals surface area contributed by atoms with Crippen LogP contribution < -0.4 is 20.7 Å². The predicted octanol–water partition coefficient (Wildman–Crippen LogP) is 2.53. The smallest absolute Gasteiger partial charge is 0.251 e. The molecule has 28 heavy (non-hydrogen) atoms. The quantitative estimate of drug-likeness (QED) is 0.484. The van der Waals surface area contributed by atoms with E-state index in [1.807, 2.05) is 62.4 Å². The molecule has 0 aliphatic carbocycles. The van der Waals surface area contributed by atoms with E-state index >= 15 is 0 Å². The molecule has 1 atom stereocenters. The number of guanidine groups is 1. The van der Waals surface area contributed by atoms with Gasteiger partial charge in [0.15, 0.2) is 5.96 Å². The molecule has 6 nitrogen and oxygen atoms in total. The van der Waals surface area contributed by atoms with Gasteiger partial charge in [-0.25, -0.2) is 0 Å². The van der Waals surface area contributed by atoms with Gasteiger partial charge >= 0.3 is 0 Å². The van der Waals surface area contributed by atoms with Crippen molar-refractivity contribution in [1.82, 2.24) is 16.0 Å². The minimum absolute atomic E-state index is 0.00425. The highest BCUT2D eigenvalue weighted by atomic mass is 16.5. The zero-order valence-corrected chi connectivity index (χ0v) is 17.1. The van der Waals surface area contributed by atoms with E-state index in [1.54, 1.807) is 14.1 Å². The molecule has 0 saturated carbocycles. The fraction of sp³-hybridized carbons (Fsp3) is 0.364. The molecule has 0 aliphatic heterocycles. The molecular weight excluding hydrogens is 352 g/mol. The number of carbonyl (C=O) groups excluding carboxylic acids is 1. The molecule has 2 aromatic carbocycles. The standard InChI is InChI=1S/C22H30N4O2/c1-16-7-5-10-20(13-16)28-17(2)15-26-22(24-4)25-12-11-18-8-6-9-19(14-18)21(27)23-3/h5-10,13-14,17H,11-12,15H2,1-4H3,(H,23,27)(H2,24,25,26). The number of rotatable bonds is 8. The van der Waals surface area contributed by atoms with Gasteiger partial charge in [-0.15, -0.1) is 0 Å². The second-order valence-corrected chi connectivity index (χ2v) is 6.65. The molecule has 0 aliphatic rings. The van der Waals surface area contributed by atoms with E-state index < -0.39 is 0 Å². The van der Waals surface area contributed by atoms with Gasteiger partial charge in [0.2, 0.25) is 0 Å². The summed E-state index contributed by atoms with van der Waals surface area (Å²) in [5.74, 6) is 1.52. The van der Waals surface area contributed by atoms with Gasteiger partial charge in [-0.3, -0.25) is 9.79 Å². The molecular formula is C22H30N4O2. The maximum Gasteiger partial charge on any atom is 0.251 e. The minimum atomic E-state index is -0.0742. The number of nitrogens with one attached hydrogen (secondary N) is 3. The van der Waals surface area contributed by atoms with Crippen LogP contribution in [0.4, 0.5) is 0 Å². The van der Waals surface area contributed by atoms with E-state index in [4.69, 9.17) is 4.74 Å². The fourth-order valence-electron chi connectivity index (χ4n) is 2.76. The molecule has 3 N–H and O–H groups in total. The van der Waals surface area contributed by atoms with Gasteiger partial charge in [0, 0.05) is 26.2 Å². The molecule has 2 aromatic rings. The number of benzene rings is 2. The van der Waals surface area contributed by atoms with Gasteiger partial charge in [0.1, 0.15) is 11.9 Å². The van der Waals surface area contributed by atoms with E-state index in [1.165, 1.54) is 5.56 Å². The van der Waals surface area contributed by atoms with Gasteiger partial charge in [0.05, 0.1) is 6.54 Å². The van der Waals surface area contributed by atoms with Crippen LogP contribution in [-0.4, -0.2) is 45.2 Å². The van der Waals surface area contributed by atoms with Crippen molar-refractivity contribution < 1.29 is 9.53 Å². The summed E-state index contributed by atoms with van der Waals surface area (Å²) >= 11 is 0. The molecule has 0 heterocycles. The van der Waals surface area contributed by atoms with Crippen molar-refractivity contribution in [3.63, 3.8) is 0 Å². The van der Waals surface area contributed by atoms with Crippen LogP contribution in [0.15, 0.2) is 53.5 Å². The third-order valence-electron chi connectivity index (χ3n) is 4.23. The van der Waals surface area contributed by atoms with Crippen LogP contribution in [0, 0.1) is 6.92 Å². The van der Waals surface area contributed by atoms with Crippen LogP contribution in [0.5, 0.6) is 5.75 Å². The number of hydrogen-bond donors (Lipinski definition) is 3. The summed E-state index contributed by atoms with van der Waals surface area (Å²) in [6, 6.07) is 15.7. The summed E-state index contributed by atoms with van der Waals surface area (Å²) in [6.45, 7) is 5.42. The van der Waals surface area contributed by atoms with Crippen molar-refractivity contribution in [3.8, 4) is 5.75 Å². The van der Waals surface area contributed by atoms with Gasteiger partial charge < -0.3 is 20.7 Å². The van der Waals surface area contributed by atoms with Crippen molar-refractivity contribution in [1.29, 1.82) is 0 Å². The lowest BCUT2D eigenvalue weighted by Crippen LogP contribution is -2.42. The Morgan fingerprint density at radius 3 is 2.64 bits per heavy atom. The first-order valence-corrected chi connectivity index (χ1v) is 9.50. The Morgan fingerprint density at radius 1 is 1.14 bits per heavy atom. The van der Waals surface area contributed by atoms with Crippen LogP contribution in [0.1, 0.15) is 28.4 Å². The van der Waals surface area contributed by atoms with Gasteiger partial charge in [-0.05, 0) is 55.7 Å². The normalized spacial score (nSPS) is 12.2. The third kappa shape index (κ3) is 6.95. The molecule has 0 bridgehead atoms. The van der Waals surface area contributed by atoms with E-state index in [-0.39, 0.29) is 12.0 Å².